The van der Waals surface area contributed by atoms with Gasteiger partial charge in [-0.05, 0) is 62.2 Å². The third-order valence-electron chi connectivity index (χ3n) is 5.28. The largest absolute Gasteiger partial charge is 0.497 e. The average molecular weight is 516 g/mol. The number of anilines is 1. The van der Waals surface area contributed by atoms with Crippen molar-refractivity contribution in [3.8, 4) is 5.75 Å². The molecule has 0 aliphatic carbocycles. The van der Waals surface area contributed by atoms with E-state index in [1.54, 1.807) is 7.11 Å². The summed E-state index contributed by atoms with van der Waals surface area (Å²) in [7, 11) is 1.67. The second kappa shape index (κ2) is 15.0. The van der Waals surface area contributed by atoms with Gasteiger partial charge in [0.05, 0.1) is 23.8 Å². The number of benzene rings is 2. The maximum Gasteiger partial charge on any atom is 0.220 e. The number of hydrogen-bond acceptors (Lipinski definition) is 5. The van der Waals surface area contributed by atoms with Crippen LogP contribution in [0, 0.1) is 0 Å². The minimum absolute atomic E-state index is 0. The van der Waals surface area contributed by atoms with Gasteiger partial charge in [-0.15, -0.1) is 24.8 Å². The molecule has 182 valence electrons. The molecule has 0 radical (unpaired) electrons. The van der Waals surface area contributed by atoms with Gasteiger partial charge in [0.25, 0.3) is 0 Å². The molecule has 3 aromatic rings. The first-order valence-corrected chi connectivity index (χ1v) is 11.3. The Bertz CT molecular complexity index is 1030. The normalized spacial score (nSPS) is 10.4. The molecule has 9 heteroatoms. The Morgan fingerprint density at radius 2 is 1.73 bits per heavy atom. The number of halogens is 3. The van der Waals surface area contributed by atoms with Crippen molar-refractivity contribution in [2.75, 3.05) is 32.1 Å². The molecular formula is C24H33Cl3N4O2. The van der Waals surface area contributed by atoms with Gasteiger partial charge in [0, 0.05) is 35.3 Å². The van der Waals surface area contributed by atoms with Gasteiger partial charge in [-0.2, -0.15) is 0 Å². The van der Waals surface area contributed by atoms with Gasteiger partial charge in [-0.3, -0.25) is 4.79 Å². The molecule has 0 atom stereocenters. The van der Waals surface area contributed by atoms with E-state index in [-0.39, 0.29) is 30.7 Å². The number of nitrogens with two attached hydrogens (primary N) is 1. The van der Waals surface area contributed by atoms with E-state index in [4.69, 9.17) is 27.1 Å². The molecule has 0 unspecified atom stereocenters. The van der Waals surface area contributed by atoms with Crippen LogP contribution in [0.25, 0.3) is 21.8 Å². The first-order chi connectivity index (χ1) is 15.1. The van der Waals surface area contributed by atoms with Gasteiger partial charge in [-0.25, -0.2) is 4.98 Å². The number of ether oxygens (including phenoxy) is 1. The number of nitrogens with one attached hydrogen (secondary N) is 2. The highest BCUT2D eigenvalue weighted by atomic mass is 35.5. The second-order valence-electron chi connectivity index (χ2n) is 7.61. The van der Waals surface area contributed by atoms with Crippen molar-refractivity contribution in [1.82, 2.24) is 10.3 Å². The minimum Gasteiger partial charge on any atom is -0.497 e. The standard InChI is InChI=1S/C24H31ClN4O2.2ClH/c1-31-18-9-11-21-20(16-18)24(19-10-8-17(25)15-22(19)29-21)28-14-5-3-2-4-13-27-23(30)7-6-12-26;;/h8-11,15-16H,2-7,12-14,26H2,1H3,(H,27,30)(H,28,29);2*1H. The summed E-state index contributed by atoms with van der Waals surface area (Å²) >= 11 is 6.19. The van der Waals surface area contributed by atoms with E-state index >= 15 is 0 Å². The van der Waals surface area contributed by atoms with E-state index in [1.807, 2.05) is 36.4 Å². The third kappa shape index (κ3) is 8.38. The van der Waals surface area contributed by atoms with Crippen LogP contribution >= 0.6 is 36.4 Å². The molecule has 0 aliphatic rings. The lowest BCUT2D eigenvalue weighted by Gasteiger charge is -2.14. The summed E-state index contributed by atoms with van der Waals surface area (Å²) in [6.07, 6.45) is 5.48. The van der Waals surface area contributed by atoms with Crippen LogP contribution in [0.2, 0.25) is 5.02 Å². The Balaban J connectivity index is 0.00000272. The number of amides is 1. The Morgan fingerprint density at radius 1 is 0.970 bits per heavy atom. The summed E-state index contributed by atoms with van der Waals surface area (Å²) < 4.78 is 5.41. The van der Waals surface area contributed by atoms with E-state index < -0.39 is 0 Å². The Labute approximate surface area is 212 Å². The quantitative estimate of drug-likeness (QED) is 0.212. The van der Waals surface area contributed by atoms with E-state index in [2.05, 4.69) is 10.6 Å². The number of methoxy groups -OCH3 is 1. The zero-order valence-corrected chi connectivity index (χ0v) is 21.3. The lowest BCUT2D eigenvalue weighted by molar-refractivity contribution is -0.121. The highest BCUT2D eigenvalue weighted by molar-refractivity contribution is 6.31. The van der Waals surface area contributed by atoms with Crippen LogP contribution in [0.1, 0.15) is 38.5 Å². The van der Waals surface area contributed by atoms with Crippen LogP contribution in [0.4, 0.5) is 5.69 Å². The molecule has 6 nitrogen and oxygen atoms in total. The summed E-state index contributed by atoms with van der Waals surface area (Å²) in [5, 5.41) is 9.32. The fourth-order valence-electron chi connectivity index (χ4n) is 3.61. The highest BCUT2D eigenvalue weighted by Gasteiger charge is 2.10. The number of nitrogens with zero attached hydrogens (tertiary/aromatic N) is 1. The van der Waals surface area contributed by atoms with Crippen LogP contribution in [0.15, 0.2) is 36.4 Å². The number of pyridine rings is 1. The molecule has 0 aliphatic heterocycles. The van der Waals surface area contributed by atoms with Gasteiger partial charge >= 0.3 is 0 Å². The Morgan fingerprint density at radius 3 is 2.45 bits per heavy atom. The number of unbranched alkanes of at least 4 members (excludes halogenated alkanes) is 3. The number of carbonyl (C=O) groups is 1. The molecule has 1 aromatic heterocycles. The van der Waals surface area contributed by atoms with E-state index in [1.165, 1.54) is 0 Å². The molecule has 3 rings (SSSR count). The zero-order valence-electron chi connectivity index (χ0n) is 18.9. The fraction of sp³-hybridized carbons (Fsp3) is 0.417. The topological polar surface area (TPSA) is 89.3 Å². The van der Waals surface area contributed by atoms with E-state index in [9.17, 15) is 4.79 Å². The number of carbonyl (C=O) groups excluding carboxylic acids is 1. The molecule has 1 amide bonds. The maximum atomic E-state index is 11.6. The van der Waals surface area contributed by atoms with Crippen molar-refractivity contribution in [3.63, 3.8) is 0 Å². The summed E-state index contributed by atoms with van der Waals surface area (Å²) in [5.74, 6) is 0.901. The maximum absolute atomic E-state index is 11.6. The van der Waals surface area contributed by atoms with Gasteiger partial charge in [0.1, 0.15) is 5.75 Å². The fourth-order valence-corrected chi connectivity index (χ4v) is 3.78. The first kappa shape index (κ1) is 29.0. The molecular weight excluding hydrogens is 483 g/mol. The van der Waals surface area contributed by atoms with E-state index in [0.717, 1.165) is 78.4 Å². The second-order valence-corrected chi connectivity index (χ2v) is 8.05. The van der Waals surface area contributed by atoms with E-state index in [0.29, 0.717) is 18.0 Å². The SMILES string of the molecule is COc1ccc2nc3cc(Cl)ccc3c(NCCCCCCNC(=O)CCCN)c2c1.Cl.Cl. The summed E-state index contributed by atoms with van der Waals surface area (Å²) in [4.78, 5) is 16.3. The number of fused-ring (bicyclic) bond motifs is 2. The molecule has 0 fully saturated rings. The Hall–Kier alpha value is -1.99. The van der Waals surface area contributed by atoms with Crippen molar-refractivity contribution in [2.24, 2.45) is 5.73 Å². The Kier molecular flexibility index (Phi) is 13.2. The molecule has 0 bridgehead atoms. The molecule has 33 heavy (non-hydrogen) atoms. The van der Waals surface area contributed by atoms with Crippen molar-refractivity contribution in [1.29, 1.82) is 0 Å². The minimum atomic E-state index is 0. The van der Waals surface area contributed by atoms with Crippen molar-refractivity contribution in [3.05, 3.63) is 41.4 Å². The average Bonchev–Trinajstić information content (AvgIpc) is 2.78. The third-order valence-corrected chi connectivity index (χ3v) is 5.51. The van der Waals surface area contributed by atoms with Gasteiger partial charge in [0.15, 0.2) is 0 Å². The van der Waals surface area contributed by atoms with Crippen LogP contribution in [-0.2, 0) is 4.79 Å². The van der Waals surface area contributed by atoms with Crippen molar-refractivity contribution in [2.45, 2.75) is 38.5 Å². The number of rotatable bonds is 12. The summed E-state index contributed by atoms with van der Waals surface area (Å²) in [6, 6.07) is 11.7. The smallest absolute Gasteiger partial charge is 0.220 e. The van der Waals surface area contributed by atoms with Crippen LogP contribution in [-0.4, -0.2) is 37.6 Å². The molecule has 0 saturated heterocycles. The summed E-state index contributed by atoms with van der Waals surface area (Å²) in [6.45, 7) is 2.15. The number of hydrogen-bond donors (Lipinski definition) is 3. The van der Waals surface area contributed by atoms with Crippen molar-refractivity contribution < 1.29 is 9.53 Å². The predicted octanol–water partition coefficient (Wildman–Crippen LogP) is 5.72. The van der Waals surface area contributed by atoms with Gasteiger partial charge < -0.3 is 21.1 Å². The van der Waals surface area contributed by atoms with Crippen molar-refractivity contribution >= 4 is 69.8 Å². The monoisotopic (exact) mass is 514 g/mol. The molecule has 4 N–H and O–H groups in total. The van der Waals surface area contributed by atoms with Gasteiger partial charge in [-0.1, -0.05) is 24.4 Å². The molecule has 1 heterocycles. The zero-order chi connectivity index (χ0) is 22.1. The summed E-state index contributed by atoms with van der Waals surface area (Å²) in [5.41, 5.74) is 8.26. The van der Waals surface area contributed by atoms with Gasteiger partial charge in [0.2, 0.25) is 5.91 Å². The predicted molar refractivity (Wildman–Crippen MR) is 144 cm³/mol. The lowest BCUT2D eigenvalue weighted by Crippen LogP contribution is -2.24. The highest BCUT2D eigenvalue weighted by Crippen LogP contribution is 2.34. The number of aromatic nitrogens is 1. The van der Waals surface area contributed by atoms with Crippen LogP contribution in [0.5, 0.6) is 5.75 Å². The van der Waals surface area contributed by atoms with Crippen LogP contribution < -0.4 is 21.1 Å². The van der Waals surface area contributed by atoms with Crippen LogP contribution in [0.3, 0.4) is 0 Å². The molecule has 0 spiro atoms. The lowest BCUT2D eigenvalue weighted by atomic mass is 10.1. The molecule has 2 aromatic carbocycles. The molecule has 0 saturated carbocycles. The first-order valence-electron chi connectivity index (χ1n) is 10.9.